The maximum Gasteiger partial charge on any atom is 0.345 e. The molecule has 0 spiro atoms. The zero-order valence-corrected chi connectivity index (χ0v) is 15.9. The molecule has 0 bridgehead atoms. The summed E-state index contributed by atoms with van der Waals surface area (Å²) in [5, 5.41) is 20.9. The molecule has 0 aliphatic rings. The number of nitrogens with zero attached hydrogens (tertiary/aromatic N) is 1. The van der Waals surface area contributed by atoms with Crippen molar-refractivity contribution < 1.29 is 19.4 Å². The summed E-state index contributed by atoms with van der Waals surface area (Å²) in [7, 11) is 1.89. The molecule has 0 aliphatic carbocycles. The molecule has 30 heavy (non-hydrogen) atoms. The first-order valence-electron chi connectivity index (χ1n) is 9.09. The van der Waals surface area contributed by atoms with E-state index in [1.807, 2.05) is 29.8 Å². The van der Waals surface area contributed by atoms with Crippen molar-refractivity contribution in [2.75, 3.05) is 0 Å². The number of aryl methyl sites for hydroxylation is 1. The molecule has 0 saturated carbocycles. The number of halogens is 1. The van der Waals surface area contributed by atoms with Gasteiger partial charge in [-0.15, -0.1) is 0 Å². The molecule has 5 N–H and O–H groups in total. The lowest BCUT2D eigenvalue weighted by Gasteiger charge is -2.14. The molecule has 8 heteroatoms. The van der Waals surface area contributed by atoms with Crippen molar-refractivity contribution in [1.82, 2.24) is 9.55 Å². The number of fused-ring (bicyclic) bond motifs is 1. The fraction of sp³-hybridized carbons (Fsp3) is 0.0909. The second kappa shape index (κ2) is 7.16. The lowest BCUT2D eigenvalue weighted by molar-refractivity contribution is 0.0692. The van der Waals surface area contributed by atoms with Crippen LogP contribution in [0.25, 0.3) is 33.3 Å². The molecule has 0 saturated heterocycles. The number of carboxylic acid groups (broad SMARTS) is 1. The van der Waals surface area contributed by atoms with E-state index < -0.39 is 28.7 Å². The van der Waals surface area contributed by atoms with Gasteiger partial charge in [-0.3, -0.25) is 4.79 Å². The molecule has 0 amide bonds. The van der Waals surface area contributed by atoms with Crippen LogP contribution in [0, 0.1) is 5.82 Å². The van der Waals surface area contributed by atoms with Crippen LogP contribution in [0.2, 0.25) is 0 Å². The normalized spacial score (nSPS) is 11.2. The number of rotatable bonds is 4. The van der Waals surface area contributed by atoms with Crippen LogP contribution in [-0.4, -0.2) is 25.7 Å². The van der Waals surface area contributed by atoms with Crippen molar-refractivity contribution in [3.8, 4) is 28.1 Å². The molecule has 4 rings (SSSR count). The minimum Gasteiger partial charge on any atom is -0.506 e. The van der Waals surface area contributed by atoms with Gasteiger partial charge in [-0.1, -0.05) is 18.2 Å². The van der Waals surface area contributed by atoms with Crippen molar-refractivity contribution >= 4 is 16.9 Å². The Morgan fingerprint density at radius 3 is 2.43 bits per heavy atom. The highest BCUT2D eigenvalue weighted by Gasteiger charge is 2.24. The Hall–Kier alpha value is -3.91. The predicted octanol–water partition coefficient (Wildman–Crippen LogP) is 3.20. The minimum absolute atomic E-state index is 0.0985. The molecular formula is C22H18FN3O4. The van der Waals surface area contributed by atoms with Gasteiger partial charge in [0.25, 0.3) is 5.56 Å². The topological polar surface area (TPSA) is 121 Å². The number of carboxylic acids is 1. The summed E-state index contributed by atoms with van der Waals surface area (Å²) in [5.41, 5.74) is 7.15. The number of aromatic nitrogens is 2. The molecule has 0 atom stereocenters. The fourth-order valence-corrected chi connectivity index (χ4v) is 3.66. The molecule has 152 valence electrons. The van der Waals surface area contributed by atoms with Gasteiger partial charge in [-0.05, 0) is 41.5 Å². The van der Waals surface area contributed by atoms with Crippen molar-refractivity contribution in [3.05, 3.63) is 76.0 Å². The van der Waals surface area contributed by atoms with Crippen LogP contribution in [0.4, 0.5) is 4.39 Å². The van der Waals surface area contributed by atoms with E-state index in [0.29, 0.717) is 17.7 Å². The SMILES string of the molecule is Cn1c(CN)cc2cc(-c3[nH]c(=O)c(C(=O)O)c(O)c3-c3ccc(F)cc3)ccc21. The summed E-state index contributed by atoms with van der Waals surface area (Å²) in [6, 6.07) is 12.5. The number of hydrogen-bond donors (Lipinski definition) is 4. The number of aromatic carboxylic acids is 1. The predicted molar refractivity (Wildman–Crippen MR) is 111 cm³/mol. The molecule has 0 unspecified atom stereocenters. The lowest BCUT2D eigenvalue weighted by atomic mass is 9.96. The Bertz CT molecular complexity index is 1350. The molecule has 0 fully saturated rings. The van der Waals surface area contributed by atoms with E-state index >= 15 is 0 Å². The Morgan fingerprint density at radius 1 is 1.13 bits per heavy atom. The van der Waals surface area contributed by atoms with Crippen LogP contribution >= 0.6 is 0 Å². The largest absolute Gasteiger partial charge is 0.506 e. The number of nitrogens with two attached hydrogens (primary N) is 1. The number of aromatic amines is 1. The van der Waals surface area contributed by atoms with E-state index in [2.05, 4.69) is 4.98 Å². The first-order valence-corrected chi connectivity index (χ1v) is 9.09. The average molecular weight is 407 g/mol. The highest BCUT2D eigenvalue weighted by molar-refractivity contribution is 5.98. The Kier molecular flexibility index (Phi) is 4.63. The second-order valence-electron chi connectivity index (χ2n) is 6.91. The van der Waals surface area contributed by atoms with Crippen LogP contribution in [-0.2, 0) is 13.6 Å². The number of hydrogen-bond acceptors (Lipinski definition) is 4. The molecule has 0 aliphatic heterocycles. The van der Waals surface area contributed by atoms with Gasteiger partial charge in [0.1, 0.15) is 11.6 Å². The summed E-state index contributed by atoms with van der Waals surface area (Å²) in [4.78, 5) is 26.5. The monoisotopic (exact) mass is 407 g/mol. The molecule has 7 nitrogen and oxygen atoms in total. The van der Waals surface area contributed by atoms with Gasteiger partial charge < -0.3 is 25.5 Å². The molecular weight excluding hydrogens is 389 g/mol. The van der Waals surface area contributed by atoms with Crippen LogP contribution in [0.15, 0.2) is 53.3 Å². The first kappa shape index (κ1) is 19.4. The quantitative estimate of drug-likeness (QED) is 0.414. The first-order chi connectivity index (χ1) is 14.3. The van der Waals surface area contributed by atoms with E-state index in [1.54, 1.807) is 6.07 Å². The van der Waals surface area contributed by atoms with Gasteiger partial charge in [0.05, 0.1) is 5.69 Å². The van der Waals surface area contributed by atoms with Crippen LogP contribution < -0.4 is 11.3 Å². The Morgan fingerprint density at radius 2 is 1.80 bits per heavy atom. The number of H-pyrrole nitrogens is 1. The van der Waals surface area contributed by atoms with Crippen LogP contribution in [0.5, 0.6) is 5.75 Å². The fourth-order valence-electron chi connectivity index (χ4n) is 3.66. The van der Waals surface area contributed by atoms with Crippen molar-refractivity contribution in [2.24, 2.45) is 12.8 Å². The van der Waals surface area contributed by atoms with E-state index in [-0.39, 0.29) is 11.3 Å². The zero-order chi connectivity index (χ0) is 21.6. The lowest BCUT2D eigenvalue weighted by Crippen LogP contribution is -2.19. The van der Waals surface area contributed by atoms with Crippen molar-refractivity contribution in [2.45, 2.75) is 6.54 Å². The van der Waals surface area contributed by atoms with Crippen molar-refractivity contribution in [1.29, 1.82) is 0 Å². The highest BCUT2D eigenvalue weighted by Crippen LogP contribution is 2.39. The summed E-state index contributed by atoms with van der Waals surface area (Å²) < 4.78 is 15.4. The number of aromatic hydroxyl groups is 1. The van der Waals surface area contributed by atoms with Crippen molar-refractivity contribution in [3.63, 3.8) is 0 Å². The van der Waals surface area contributed by atoms with Gasteiger partial charge in [-0.2, -0.15) is 0 Å². The van der Waals surface area contributed by atoms with Gasteiger partial charge >= 0.3 is 5.97 Å². The zero-order valence-electron chi connectivity index (χ0n) is 15.9. The van der Waals surface area contributed by atoms with E-state index in [4.69, 9.17) is 5.73 Å². The number of carbonyl (C=O) groups is 1. The number of nitrogens with one attached hydrogen (secondary N) is 1. The van der Waals surface area contributed by atoms with Crippen LogP contribution in [0.3, 0.4) is 0 Å². The Balaban J connectivity index is 2.04. The molecule has 2 heterocycles. The van der Waals surface area contributed by atoms with Gasteiger partial charge in [0, 0.05) is 35.8 Å². The van der Waals surface area contributed by atoms with E-state index in [0.717, 1.165) is 16.6 Å². The Labute approximate surface area is 169 Å². The van der Waals surface area contributed by atoms with E-state index in [1.165, 1.54) is 24.3 Å². The minimum atomic E-state index is -1.56. The maximum atomic E-state index is 13.4. The summed E-state index contributed by atoms with van der Waals surface area (Å²) in [6.45, 7) is 0.353. The summed E-state index contributed by atoms with van der Waals surface area (Å²) in [6.07, 6.45) is 0. The smallest absolute Gasteiger partial charge is 0.345 e. The standard InChI is InChI=1S/C22H18FN3O4/c1-26-15(10-24)9-13-8-12(4-7-16(13)26)19-17(11-2-5-14(23)6-3-11)20(27)18(22(29)30)21(28)25-19/h2-9H,10,24H2,1H3,(H,29,30)(H2,25,27,28). The van der Waals surface area contributed by atoms with Gasteiger partial charge in [0.2, 0.25) is 0 Å². The third kappa shape index (κ3) is 3.03. The molecule has 2 aromatic carbocycles. The second-order valence-corrected chi connectivity index (χ2v) is 6.91. The van der Waals surface area contributed by atoms with Crippen LogP contribution in [0.1, 0.15) is 16.1 Å². The third-order valence-corrected chi connectivity index (χ3v) is 5.18. The average Bonchev–Trinajstić information content (AvgIpc) is 3.03. The maximum absolute atomic E-state index is 13.4. The molecule has 2 aromatic heterocycles. The number of pyridine rings is 1. The molecule has 0 radical (unpaired) electrons. The summed E-state index contributed by atoms with van der Waals surface area (Å²) in [5.74, 6) is -2.72. The van der Waals surface area contributed by atoms with E-state index in [9.17, 15) is 24.2 Å². The summed E-state index contributed by atoms with van der Waals surface area (Å²) >= 11 is 0. The third-order valence-electron chi connectivity index (χ3n) is 5.18. The van der Waals surface area contributed by atoms with Gasteiger partial charge in [-0.25, -0.2) is 9.18 Å². The number of benzene rings is 2. The highest BCUT2D eigenvalue weighted by atomic mass is 19.1. The van der Waals surface area contributed by atoms with Gasteiger partial charge in [0.15, 0.2) is 5.56 Å². The molecule has 4 aromatic rings.